The standard InChI is InChI=1S/C11H20O2/c1-7(2)11(13)9-5-4-8(3)6-10(9)12/h7-9,11,13H,4-6H2,1-3H3. The van der Waals surface area contributed by atoms with Crippen molar-refractivity contribution in [1.82, 2.24) is 0 Å². The van der Waals surface area contributed by atoms with Gasteiger partial charge in [0.05, 0.1) is 6.10 Å². The summed E-state index contributed by atoms with van der Waals surface area (Å²) in [7, 11) is 0. The number of aliphatic hydroxyl groups excluding tert-OH is 1. The van der Waals surface area contributed by atoms with E-state index in [2.05, 4.69) is 6.92 Å². The molecule has 2 heteroatoms. The van der Waals surface area contributed by atoms with Gasteiger partial charge in [0.25, 0.3) is 0 Å². The van der Waals surface area contributed by atoms with Crippen molar-refractivity contribution in [1.29, 1.82) is 0 Å². The number of carbonyl (C=O) groups is 1. The Hall–Kier alpha value is -0.370. The fourth-order valence-electron chi connectivity index (χ4n) is 2.05. The highest BCUT2D eigenvalue weighted by Gasteiger charge is 2.32. The zero-order chi connectivity index (χ0) is 10.0. The van der Waals surface area contributed by atoms with Gasteiger partial charge in [0.1, 0.15) is 5.78 Å². The van der Waals surface area contributed by atoms with Gasteiger partial charge < -0.3 is 5.11 Å². The summed E-state index contributed by atoms with van der Waals surface area (Å²) in [6.45, 7) is 6.04. The lowest BCUT2D eigenvalue weighted by Crippen LogP contribution is -2.36. The van der Waals surface area contributed by atoms with Gasteiger partial charge in [-0.2, -0.15) is 0 Å². The topological polar surface area (TPSA) is 37.3 Å². The summed E-state index contributed by atoms with van der Waals surface area (Å²) in [6, 6.07) is 0. The van der Waals surface area contributed by atoms with E-state index >= 15 is 0 Å². The van der Waals surface area contributed by atoms with Crippen molar-refractivity contribution in [2.45, 2.75) is 46.1 Å². The highest BCUT2D eigenvalue weighted by molar-refractivity contribution is 5.82. The minimum atomic E-state index is -0.431. The third-order valence-corrected chi connectivity index (χ3v) is 3.03. The van der Waals surface area contributed by atoms with Crippen LogP contribution in [0.25, 0.3) is 0 Å². The Labute approximate surface area is 80.3 Å². The molecule has 2 nitrogen and oxygen atoms in total. The first-order valence-corrected chi connectivity index (χ1v) is 5.23. The SMILES string of the molecule is CC1CCC(C(O)C(C)C)C(=O)C1. The molecule has 0 heterocycles. The predicted octanol–water partition coefficient (Wildman–Crippen LogP) is 2.01. The third kappa shape index (κ3) is 2.53. The van der Waals surface area contributed by atoms with Gasteiger partial charge in [-0.3, -0.25) is 4.79 Å². The van der Waals surface area contributed by atoms with Crippen LogP contribution in [0.15, 0.2) is 0 Å². The molecule has 13 heavy (non-hydrogen) atoms. The van der Waals surface area contributed by atoms with Crippen LogP contribution in [0.5, 0.6) is 0 Å². The quantitative estimate of drug-likeness (QED) is 0.712. The Morgan fingerprint density at radius 1 is 1.38 bits per heavy atom. The van der Waals surface area contributed by atoms with Crippen LogP contribution in [0.4, 0.5) is 0 Å². The van der Waals surface area contributed by atoms with Gasteiger partial charge >= 0.3 is 0 Å². The Morgan fingerprint density at radius 3 is 2.46 bits per heavy atom. The van der Waals surface area contributed by atoms with Crippen LogP contribution in [-0.2, 0) is 4.79 Å². The second kappa shape index (κ2) is 4.23. The summed E-state index contributed by atoms with van der Waals surface area (Å²) in [5.41, 5.74) is 0. The minimum Gasteiger partial charge on any atom is -0.392 e. The summed E-state index contributed by atoms with van der Waals surface area (Å²) in [5.74, 6) is 0.890. The van der Waals surface area contributed by atoms with Crippen molar-refractivity contribution in [3.8, 4) is 0 Å². The van der Waals surface area contributed by atoms with Crippen molar-refractivity contribution >= 4 is 5.78 Å². The molecule has 1 aliphatic rings. The maximum atomic E-state index is 11.6. The van der Waals surface area contributed by atoms with Gasteiger partial charge in [-0.25, -0.2) is 0 Å². The molecule has 0 spiro atoms. The number of ketones is 1. The molecule has 1 aliphatic carbocycles. The molecular weight excluding hydrogens is 164 g/mol. The average molecular weight is 184 g/mol. The molecule has 3 atom stereocenters. The van der Waals surface area contributed by atoms with E-state index in [4.69, 9.17) is 0 Å². The van der Waals surface area contributed by atoms with E-state index < -0.39 is 6.10 Å². The van der Waals surface area contributed by atoms with E-state index in [1.807, 2.05) is 13.8 Å². The predicted molar refractivity (Wildman–Crippen MR) is 52.4 cm³/mol. The zero-order valence-electron chi connectivity index (χ0n) is 8.79. The monoisotopic (exact) mass is 184 g/mol. The molecule has 0 aliphatic heterocycles. The highest BCUT2D eigenvalue weighted by Crippen LogP contribution is 2.29. The first kappa shape index (κ1) is 10.7. The van der Waals surface area contributed by atoms with Crippen molar-refractivity contribution in [2.75, 3.05) is 0 Å². The van der Waals surface area contributed by atoms with E-state index in [1.165, 1.54) is 0 Å². The van der Waals surface area contributed by atoms with Crippen molar-refractivity contribution < 1.29 is 9.90 Å². The van der Waals surface area contributed by atoms with Crippen LogP contribution in [0.2, 0.25) is 0 Å². The second-order valence-corrected chi connectivity index (χ2v) is 4.69. The molecule has 1 saturated carbocycles. The van der Waals surface area contributed by atoms with E-state index in [-0.39, 0.29) is 17.6 Å². The molecule has 1 N–H and O–H groups in total. The average Bonchev–Trinajstić information content (AvgIpc) is 2.03. The molecule has 3 unspecified atom stereocenters. The first-order chi connectivity index (χ1) is 6.02. The van der Waals surface area contributed by atoms with Gasteiger partial charge in [-0.15, -0.1) is 0 Å². The maximum absolute atomic E-state index is 11.6. The lowest BCUT2D eigenvalue weighted by Gasteiger charge is -2.30. The van der Waals surface area contributed by atoms with Crippen molar-refractivity contribution in [2.24, 2.45) is 17.8 Å². The molecule has 0 amide bonds. The molecule has 1 fully saturated rings. The zero-order valence-corrected chi connectivity index (χ0v) is 8.79. The maximum Gasteiger partial charge on any atom is 0.138 e. The minimum absolute atomic E-state index is 0.0869. The van der Waals surface area contributed by atoms with E-state index in [0.29, 0.717) is 12.3 Å². The van der Waals surface area contributed by atoms with Crippen molar-refractivity contribution in [3.63, 3.8) is 0 Å². The number of rotatable bonds is 2. The summed E-state index contributed by atoms with van der Waals surface area (Å²) in [5, 5.41) is 9.79. The van der Waals surface area contributed by atoms with E-state index in [1.54, 1.807) is 0 Å². The molecule has 0 bridgehead atoms. The number of carbonyl (C=O) groups excluding carboxylic acids is 1. The Morgan fingerprint density at radius 2 is 2.00 bits per heavy atom. The fourth-order valence-corrected chi connectivity index (χ4v) is 2.05. The molecule has 0 saturated heterocycles. The van der Waals surface area contributed by atoms with Gasteiger partial charge in [0.2, 0.25) is 0 Å². The van der Waals surface area contributed by atoms with Gasteiger partial charge in [-0.1, -0.05) is 20.8 Å². The molecule has 1 rings (SSSR count). The second-order valence-electron chi connectivity index (χ2n) is 4.69. The molecule has 0 radical (unpaired) electrons. The molecule has 0 aromatic rings. The fraction of sp³-hybridized carbons (Fsp3) is 0.909. The number of Topliss-reactive ketones (excluding diaryl/α,β-unsaturated/α-hetero) is 1. The van der Waals surface area contributed by atoms with Crippen LogP contribution < -0.4 is 0 Å². The van der Waals surface area contributed by atoms with E-state index in [9.17, 15) is 9.90 Å². The summed E-state index contributed by atoms with van der Waals surface area (Å²) >= 11 is 0. The van der Waals surface area contributed by atoms with Crippen LogP contribution in [-0.4, -0.2) is 17.0 Å². The summed E-state index contributed by atoms with van der Waals surface area (Å²) < 4.78 is 0. The number of hydrogen-bond acceptors (Lipinski definition) is 2. The highest BCUT2D eigenvalue weighted by atomic mass is 16.3. The van der Waals surface area contributed by atoms with E-state index in [0.717, 1.165) is 12.8 Å². The first-order valence-electron chi connectivity index (χ1n) is 5.23. The number of hydrogen-bond donors (Lipinski definition) is 1. The smallest absolute Gasteiger partial charge is 0.138 e. The van der Waals surface area contributed by atoms with Crippen LogP contribution in [0.1, 0.15) is 40.0 Å². The van der Waals surface area contributed by atoms with Gasteiger partial charge in [0, 0.05) is 12.3 Å². The summed E-state index contributed by atoms with van der Waals surface area (Å²) in [6.07, 6.45) is 2.19. The Bertz CT molecular complexity index is 187. The van der Waals surface area contributed by atoms with Gasteiger partial charge in [-0.05, 0) is 24.7 Å². The summed E-state index contributed by atoms with van der Waals surface area (Å²) in [4.78, 5) is 11.6. The van der Waals surface area contributed by atoms with Crippen LogP contribution in [0, 0.1) is 17.8 Å². The van der Waals surface area contributed by atoms with Gasteiger partial charge in [0.15, 0.2) is 0 Å². The van der Waals surface area contributed by atoms with Crippen LogP contribution in [0.3, 0.4) is 0 Å². The molecule has 0 aromatic carbocycles. The lowest BCUT2D eigenvalue weighted by molar-refractivity contribution is -0.131. The molecule has 76 valence electrons. The normalized spacial score (nSPS) is 32.2. The molecular formula is C11H20O2. The number of aliphatic hydroxyl groups is 1. The van der Waals surface area contributed by atoms with Crippen LogP contribution >= 0.6 is 0 Å². The third-order valence-electron chi connectivity index (χ3n) is 3.03. The Kier molecular flexibility index (Phi) is 3.48. The Balaban J connectivity index is 2.56. The largest absolute Gasteiger partial charge is 0.392 e. The van der Waals surface area contributed by atoms with Crippen molar-refractivity contribution in [3.05, 3.63) is 0 Å². The molecule has 0 aromatic heterocycles. The lowest BCUT2D eigenvalue weighted by atomic mass is 9.76.